The number of benzene rings is 2. The van der Waals surface area contributed by atoms with Crippen molar-refractivity contribution in [1.82, 2.24) is 5.32 Å². The minimum Gasteiger partial charge on any atom is -0.497 e. The highest BCUT2D eigenvalue weighted by Gasteiger charge is 2.23. The van der Waals surface area contributed by atoms with Crippen LogP contribution in [0.5, 0.6) is 11.5 Å². The maximum absolute atomic E-state index is 12.5. The van der Waals surface area contributed by atoms with Gasteiger partial charge >= 0.3 is 0 Å². The Bertz CT molecular complexity index is 916. The lowest BCUT2D eigenvalue weighted by atomic mass is 10.0. The molecule has 0 aliphatic rings. The van der Waals surface area contributed by atoms with Gasteiger partial charge in [-0.2, -0.15) is 0 Å². The summed E-state index contributed by atoms with van der Waals surface area (Å²) in [4.78, 5) is 35.5. The SMILES string of the molecule is COc1cc(N)c(C(=O)NC(=O)c2cc(C)c([N+](=O)[O-])c(C)c2)c(OC)c1. The van der Waals surface area contributed by atoms with Gasteiger partial charge in [-0.1, -0.05) is 0 Å². The fraction of sp³-hybridized carbons (Fsp3) is 0.222. The van der Waals surface area contributed by atoms with Gasteiger partial charge < -0.3 is 15.2 Å². The zero-order chi connectivity index (χ0) is 20.3. The summed E-state index contributed by atoms with van der Waals surface area (Å²) in [6.45, 7) is 3.04. The van der Waals surface area contributed by atoms with Crippen LogP contribution in [0, 0.1) is 24.0 Å². The lowest BCUT2D eigenvalue weighted by molar-refractivity contribution is -0.386. The number of carbonyl (C=O) groups is 2. The van der Waals surface area contributed by atoms with Gasteiger partial charge in [-0.25, -0.2) is 0 Å². The molecule has 0 fully saturated rings. The number of nitrogen functional groups attached to an aromatic ring is 1. The van der Waals surface area contributed by atoms with E-state index in [1.807, 2.05) is 0 Å². The monoisotopic (exact) mass is 373 g/mol. The van der Waals surface area contributed by atoms with Crippen LogP contribution in [0.3, 0.4) is 0 Å². The molecule has 0 atom stereocenters. The Kier molecular flexibility index (Phi) is 5.64. The third-order valence-corrected chi connectivity index (χ3v) is 3.95. The molecular formula is C18H19N3O6. The zero-order valence-electron chi connectivity index (χ0n) is 15.3. The van der Waals surface area contributed by atoms with Gasteiger partial charge in [0, 0.05) is 28.8 Å². The lowest BCUT2D eigenvalue weighted by Gasteiger charge is -2.13. The van der Waals surface area contributed by atoms with Gasteiger partial charge in [0.1, 0.15) is 17.1 Å². The molecular weight excluding hydrogens is 354 g/mol. The Labute approximate surface area is 155 Å². The van der Waals surface area contributed by atoms with Crippen molar-refractivity contribution < 1.29 is 24.0 Å². The standard InChI is InChI=1S/C18H19N3O6/c1-9-5-11(6-10(2)16(9)21(24)25)17(22)20-18(23)15-13(19)7-12(26-3)8-14(15)27-4/h5-8H,19H2,1-4H3,(H,20,22,23). The van der Waals surface area contributed by atoms with E-state index >= 15 is 0 Å². The average Bonchev–Trinajstić information content (AvgIpc) is 2.59. The predicted molar refractivity (Wildman–Crippen MR) is 98.3 cm³/mol. The molecule has 27 heavy (non-hydrogen) atoms. The number of nitro groups is 1. The minimum atomic E-state index is -0.759. The van der Waals surface area contributed by atoms with Crippen molar-refractivity contribution in [2.45, 2.75) is 13.8 Å². The molecule has 0 heterocycles. The number of nitrogens with zero attached hydrogens (tertiary/aromatic N) is 1. The van der Waals surface area contributed by atoms with Crippen molar-refractivity contribution in [3.8, 4) is 11.5 Å². The highest BCUT2D eigenvalue weighted by molar-refractivity contribution is 6.13. The molecule has 3 N–H and O–H groups in total. The fourth-order valence-electron chi connectivity index (χ4n) is 2.75. The van der Waals surface area contributed by atoms with E-state index in [9.17, 15) is 19.7 Å². The normalized spacial score (nSPS) is 10.2. The average molecular weight is 373 g/mol. The van der Waals surface area contributed by atoms with Crippen LogP contribution < -0.4 is 20.5 Å². The number of rotatable bonds is 5. The maximum Gasteiger partial charge on any atom is 0.275 e. The van der Waals surface area contributed by atoms with E-state index in [1.54, 1.807) is 0 Å². The number of amides is 2. The van der Waals surface area contributed by atoms with Gasteiger partial charge in [0.05, 0.1) is 24.8 Å². The second-order valence-electron chi connectivity index (χ2n) is 5.79. The molecule has 0 spiro atoms. The van der Waals surface area contributed by atoms with Crippen LogP contribution in [-0.4, -0.2) is 31.0 Å². The Morgan fingerprint density at radius 1 is 1.04 bits per heavy atom. The largest absolute Gasteiger partial charge is 0.497 e. The number of methoxy groups -OCH3 is 2. The molecule has 0 bridgehead atoms. The van der Waals surface area contributed by atoms with Crippen LogP contribution >= 0.6 is 0 Å². The first-order chi connectivity index (χ1) is 12.7. The van der Waals surface area contributed by atoms with E-state index in [0.717, 1.165) is 0 Å². The summed E-state index contributed by atoms with van der Waals surface area (Å²) < 4.78 is 10.2. The summed E-state index contributed by atoms with van der Waals surface area (Å²) in [7, 11) is 2.80. The number of hydrogen-bond acceptors (Lipinski definition) is 7. The second kappa shape index (κ2) is 7.73. The van der Waals surface area contributed by atoms with E-state index in [4.69, 9.17) is 15.2 Å². The number of ether oxygens (including phenoxy) is 2. The predicted octanol–water partition coefficient (Wildman–Crippen LogP) is 2.38. The summed E-state index contributed by atoms with van der Waals surface area (Å²) >= 11 is 0. The van der Waals surface area contributed by atoms with Gasteiger partial charge in [0.15, 0.2) is 0 Å². The lowest BCUT2D eigenvalue weighted by Crippen LogP contribution is -2.31. The van der Waals surface area contributed by atoms with Crippen LogP contribution in [-0.2, 0) is 0 Å². The number of imide groups is 1. The van der Waals surface area contributed by atoms with Crippen molar-refractivity contribution >= 4 is 23.2 Å². The minimum absolute atomic E-state index is 0.0120. The van der Waals surface area contributed by atoms with E-state index < -0.39 is 16.7 Å². The molecule has 2 aromatic rings. The zero-order valence-corrected chi connectivity index (χ0v) is 15.3. The number of hydrogen-bond donors (Lipinski definition) is 2. The van der Waals surface area contributed by atoms with Gasteiger partial charge in [-0.05, 0) is 26.0 Å². The number of aryl methyl sites for hydroxylation is 2. The van der Waals surface area contributed by atoms with Crippen molar-refractivity contribution in [1.29, 1.82) is 0 Å². The molecule has 2 aromatic carbocycles. The molecule has 0 aliphatic heterocycles. The van der Waals surface area contributed by atoms with E-state index in [1.165, 1.54) is 52.3 Å². The molecule has 9 nitrogen and oxygen atoms in total. The van der Waals surface area contributed by atoms with Crippen molar-refractivity contribution in [3.05, 3.63) is 56.6 Å². The van der Waals surface area contributed by atoms with Crippen molar-refractivity contribution in [2.24, 2.45) is 0 Å². The molecule has 0 radical (unpaired) electrons. The molecule has 9 heteroatoms. The molecule has 0 aromatic heterocycles. The summed E-state index contributed by atoms with van der Waals surface area (Å²) in [5, 5.41) is 13.3. The van der Waals surface area contributed by atoms with Crippen LogP contribution in [0.2, 0.25) is 0 Å². The molecule has 2 rings (SSSR count). The van der Waals surface area contributed by atoms with Crippen LogP contribution in [0.15, 0.2) is 24.3 Å². The number of anilines is 1. The van der Waals surface area contributed by atoms with Crippen LogP contribution in [0.1, 0.15) is 31.8 Å². The number of nitrogens with two attached hydrogens (primary N) is 1. The molecule has 0 unspecified atom stereocenters. The van der Waals surface area contributed by atoms with Gasteiger partial charge in [-0.3, -0.25) is 25.0 Å². The Balaban J connectivity index is 2.34. The smallest absolute Gasteiger partial charge is 0.275 e. The van der Waals surface area contributed by atoms with E-state index in [0.29, 0.717) is 16.9 Å². The molecule has 2 amide bonds. The Hall–Kier alpha value is -3.62. The first kappa shape index (κ1) is 19.7. The Morgan fingerprint density at radius 2 is 1.63 bits per heavy atom. The molecule has 0 aliphatic carbocycles. The number of nitrogens with one attached hydrogen (secondary N) is 1. The first-order valence-electron chi connectivity index (χ1n) is 7.82. The molecule has 0 saturated heterocycles. The summed E-state index contributed by atoms with van der Waals surface area (Å²) in [5.74, 6) is -0.925. The highest BCUT2D eigenvalue weighted by atomic mass is 16.6. The van der Waals surface area contributed by atoms with Crippen molar-refractivity contribution in [3.63, 3.8) is 0 Å². The first-order valence-corrected chi connectivity index (χ1v) is 7.82. The van der Waals surface area contributed by atoms with Gasteiger partial charge in [-0.15, -0.1) is 0 Å². The Morgan fingerprint density at radius 3 is 2.11 bits per heavy atom. The van der Waals surface area contributed by atoms with E-state index in [-0.39, 0.29) is 28.3 Å². The summed E-state index contributed by atoms with van der Waals surface area (Å²) in [6.07, 6.45) is 0. The van der Waals surface area contributed by atoms with Gasteiger partial charge in [0.25, 0.3) is 17.5 Å². The third-order valence-electron chi connectivity index (χ3n) is 3.95. The third kappa shape index (κ3) is 3.97. The summed E-state index contributed by atoms with van der Waals surface area (Å²) in [6, 6.07) is 5.60. The molecule has 0 saturated carbocycles. The number of carbonyl (C=O) groups excluding carboxylic acids is 2. The van der Waals surface area contributed by atoms with E-state index in [2.05, 4.69) is 5.32 Å². The number of nitro benzene ring substituents is 1. The topological polar surface area (TPSA) is 134 Å². The summed E-state index contributed by atoms with van der Waals surface area (Å²) in [5.41, 5.74) is 6.63. The maximum atomic E-state index is 12.5. The molecule has 142 valence electrons. The highest BCUT2D eigenvalue weighted by Crippen LogP contribution is 2.30. The van der Waals surface area contributed by atoms with Crippen LogP contribution in [0.25, 0.3) is 0 Å². The van der Waals surface area contributed by atoms with Crippen LogP contribution in [0.4, 0.5) is 11.4 Å². The second-order valence-corrected chi connectivity index (χ2v) is 5.79. The fourth-order valence-corrected chi connectivity index (χ4v) is 2.75. The quantitative estimate of drug-likeness (QED) is 0.356. The van der Waals surface area contributed by atoms with Gasteiger partial charge in [0.2, 0.25) is 0 Å². The van der Waals surface area contributed by atoms with Crippen molar-refractivity contribution in [2.75, 3.05) is 20.0 Å².